The standard InChI is InChI=1S/C12H7FN4O2/c13-9-5-14-4-3-8(9)11-16-15-10-2-1-7(12(18)19)6-17(10)11/h1-6H,(H,18,19). The van der Waals surface area contributed by atoms with Crippen LogP contribution in [0.3, 0.4) is 0 Å². The largest absolute Gasteiger partial charge is 0.478 e. The number of rotatable bonds is 2. The maximum atomic E-state index is 13.7. The lowest BCUT2D eigenvalue weighted by Crippen LogP contribution is -2.00. The third-order valence-corrected chi connectivity index (χ3v) is 2.66. The number of carbonyl (C=O) groups is 1. The van der Waals surface area contributed by atoms with Crippen LogP contribution in [-0.2, 0) is 0 Å². The van der Waals surface area contributed by atoms with Crippen molar-refractivity contribution in [3.8, 4) is 11.4 Å². The molecule has 6 nitrogen and oxygen atoms in total. The minimum Gasteiger partial charge on any atom is -0.478 e. The maximum Gasteiger partial charge on any atom is 0.337 e. The molecule has 0 fully saturated rings. The summed E-state index contributed by atoms with van der Waals surface area (Å²) in [5.41, 5.74) is 0.726. The lowest BCUT2D eigenvalue weighted by molar-refractivity contribution is 0.0696. The summed E-state index contributed by atoms with van der Waals surface area (Å²) in [5.74, 6) is -1.38. The van der Waals surface area contributed by atoms with Crippen LogP contribution in [0, 0.1) is 5.82 Å². The van der Waals surface area contributed by atoms with Crippen molar-refractivity contribution in [2.24, 2.45) is 0 Å². The maximum absolute atomic E-state index is 13.7. The highest BCUT2D eigenvalue weighted by molar-refractivity contribution is 5.87. The van der Waals surface area contributed by atoms with Gasteiger partial charge in [0.1, 0.15) is 0 Å². The highest BCUT2D eigenvalue weighted by Gasteiger charge is 2.14. The molecule has 0 aromatic carbocycles. The monoisotopic (exact) mass is 258 g/mol. The number of aromatic nitrogens is 4. The SMILES string of the molecule is O=C(O)c1ccc2nnc(-c3ccncc3F)n2c1. The first-order chi connectivity index (χ1) is 9.16. The van der Waals surface area contributed by atoms with E-state index < -0.39 is 11.8 Å². The Morgan fingerprint density at radius 2 is 2.11 bits per heavy atom. The van der Waals surface area contributed by atoms with Crippen LogP contribution in [0.4, 0.5) is 4.39 Å². The highest BCUT2D eigenvalue weighted by Crippen LogP contribution is 2.21. The van der Waals surface area contributed by atoms with Crippen LogP contribution in [0.5, 0.6) is 0 Å². The molecule has 0 aliphatic rings. The molecule has 7 heteroatoms. The topological polar surface area (TPSA) is 80.4 Å². The van der Waals surface area contributed by atoms with E-state index in [4.69, 9.17) is 5.11 Å². The molecule has 0 bridgehead atoms. The predicted molar refractivity (Wildman–Crippen MR) is 63.1 cm³/mol. The number of pyridine rings is 2. The Balaban J connectivity index is 2.27. The van der Waals surface area contributed by atoms with Crippen LogP contribution in [0.25, 0.3) is 17.0 Å². The number of carboxylic acid groups (broad SMARTS) is 1. The number of hydrogen-bond donors (Lipinski definition) is 1. The molecule has 0 saturated carbocycles. The summed E-state index contributed by atoms with van der Waals surface area (Å²) in [5, 5.41) is 16.7. The molecule has 0 aliphatic carbocycles. The fourth-order valence-electron chi connectivity index (χ4n) is 1.76. The van der Waals surface area contributed by atoms with Gasteiger partial charge in [0.05, 0.1) is 17.3 Å². The summed E-state index contributed by atoms with van der Waals surface area (Å²) >= 11 is 0. The Hall–Kier alpha value is -2.83. The van der Waals surface area contributed by atoms with E-state index >= 15 is 0 Å². The number of carboxylic acids is 1. The zero-order valence-corrected chi connectivity index (χ0v) is 9.49. The van der Waals surface area contributed by atoms with Gasteiger partial charge >= 0.3 is 5.97 Å². The fraction of sp³-hybridized carbons (Fsp3) is 0. The summed E-state index contributed by atoms with van der Waals surface area (Å²) in [6.45, 7) is 0. The van der Waals surface area contributed by atoms with E-state index in [1.807, 2.05) is 0 Å². The molecule has 94 valence electrons. The quantitative estimate of drug-likeness (QED) is 0.755. The van der Waals surface area contributed by atoms with Gasteiger partial charge in [0.2, 0.25) is 0 Å². The van der Waals surface area contributed by atoms with Crippen molar-refractivity contribution in [3.05, 3.63) is 48.2 Å². The van der Waals surface area contributed by atoms with Crippen molar-refractivity contribution in [1.29, 1.82) is 0 Å². The average Bonchev–Trinajstić information content (AvgIpc) is 2.82. The van der Waals surface area contributed by atoms with E-state index in [-0.39, 0.29) is 17.0 Å². The van der Waals surface area contributed by atoms with E-state index in [2.05, 4.69) is 15.2 Å². The average molecular weight is 258 g/mol. The molecule has 19 heavy (non-hydrogen) atoms. The van der Waals surface area contributed by atoms with Gasteiger partial charge in [0.25, 0.3) is 0 Å². The number of nitrogens with zero attached hydrogens (tertiary/aromatic N) is 4. The molecule has 1 N–H and O–H groups in total. The van der Waals surface area contributed by atoms with Crippen LogP contribution < -0.4 is 0 Å². The van der Waals surface area contributed by atoms with E-state index in [0.717, 1.165) is 6.20 Å². The van der Waals surface area contributed by atoms with Gasteiger partial charge in [-0.3, -0.25) is 9.38 Å². The van der Waals surface area contributed by atoms with Gasteiger partial charge in [0.15, 0.2) is 17.3 Å². The lowest BCUT2D eigenvalue weighted by Gasteiger charge is -2.02. The molecule has 0 saturated heterocycles. The zero-order chi connectivity index (χ0) is 13.4. The Morgan fingerprint density at radius 1 is 1.26 bits per heavy atom. The minimum absolute atomic E-state index is 0.0722. The van der Waals surface area contributed by atoms with E-state index in [0.29, 0.717) is 5.65 Å². The molecule has 3 aromatic heterocycles. The third kappa shape index (κ3) is 1.81. The van der Waals surface area contributed by atoms with Gasteiger partial charge < -0.3 is 5.11 Å². The normalized spacial score (nSPS) is 10.8. The van der Waals surface area contributed by atoms with Crippen molar-refractivity contribution < 1.29 is 14.3 Å². The molecule has 0 aliphatic heterocycles. The molecule has 0 spiro atoms. The number of hydrogen-bond acceptors (Lipinski definition) is 4. The molecular formula is C12H7FN4O2. The van der Waals surface area contributed by atoms with Gasteiger partial charge in [-0.1, -0.05) is 0 Å². The summed E-state index contributed by atoms with van der Waals surface area (Å²) in [6.07, 6.45) is 3.85. The van der Waals surface area contributed by atoms with E-state index in [9.17, 15) is 9.18 Å². The molecule has 3 rings (SSSR count). The van der Waals surface area contributed by atoms with Crippen molar-refractivity contribution in [2.45, 2.75) is 0 Å². The van der Waals surface area contributed by atoms with Crippen LogP contribution in [0.2, 0.25) is 0 Å². The van der Waals surface area contributed by atoms with E-state index in [1.165, 1.54) is 35.0 Å². The van der Waals surface area contributed by atoms with Gasteiger partial charge in [-0.05, 0) is 18.2 Å². The first-order valence-electron chi connectivity index (χ1n) is 5.35. The summed E-state index contributed by atoms with van der Waals surface area (Å²) in [7, 11) is 0. The first-order valence-corrected chi connectivity index (χ1v) is 5.35. The van der Waals surface area contributed by atoms with Crippen LogP contribution >= 0.6 is 0 Å². The van der Waals surface area contributed by atoms with Crippen molar-refractivity contribution in [1.82, 2.24) is 19.6 Å². The first kappa shape index (κ1) is 11.3. The molecule has 3 heterocycles. The molecule has 0 unspecified atom stereocenters. The summed E-state index contributed by atoms with van der Waals surface area (Å²) < 4.78 is 15.1. The van der Waals surface area contributed by atoms with Gasteiger partial charge in [-0.2, -0.15) is 0 Å². The molecular weight excluding hydrogens is 251 g/mol. The molecule has 0 radical (unpaired) electrons. The Kier molecular flexibility index (Phi) is 2.45. The molecule has 3 aromatic rings. The second-order valence-corrected chi connectivity index (χ2v) is 3.83. The molecule has 0 atom stereocenters. The third-order valence-electron chi connectivity index (χ3n) is 2.66. The van der Waals surface area contributed by atoms with Crippen molar-refractivity contribution in [2.75, 3.05) is 0 Å². The predicted octanol–water partition coefficient (Wildman–Crippen LogP) is 1.63. The van der Waals surface area contributed by atoms with Crippen molar-refractivity contribution >= 4 is 11.6 Å². The Labute approximate surface area is 106 Å². The Morgan fingerprint density at radius 3 is 2.84 bits per heavy atom. The highest BCUT2D eigenvalue weighted by atomic mass is 19.1. The lowest BCUT2D eigenvalue weighted by atomic mass is 10.2. The van der Waals surface area contributed by atoms with E-state index in [1.54, 1.807) is 0 Å². The summed E-state index contributed by atoms with van der Waals surface area (Å²) in [6, 6.07) is 4.39. The van der Waals surface area contributed by atoms with Gasteiger partial charge in [0, 0.05) is 12.4 Å². The summed E-state index contributed by atoms with van der Waals surface area (Å²) in [4.78, 5) is 14.6. The number of halogens is 1. The smallest absolute Gasteiger partial charge is 0.337 e. The second-order valence-electron chi connectivity index (χ2n) is 3.83. The second kappa shape index (κ2) is 4.13. The fourth-order valence-corrected chi connectivity index (χ4v) is 1.76. The molecule has 0 amide bonds. The van der Waals surface area contributed by atoms with Crippen LogP contribution in [-0.4, -0.2) is 30.7 Å². The number of aromatic carboxylic acids is 1. The van der Waals surface area contributed by atoms with Gasteiger partial charge in [-0.25, -0.2) is 9.18 Å². The van der Waals surface area contributed by atoms with Gasteiger partial charge in [-0.15, -0.1) is 10.2 Å². The van der Waals surface area contributed by atoms with Crippen molar-refractivity contribution in [3.63, 3.8) is 0 Å². The van der Waals surface area contributed by atoms with Crippen LogP contribution in [0.15, 0.2) is 36.8 Å². The van der Waals surface area contributed by atoms with Crippen LogP contribution in [0.1, 0.15) is 10.4 Å². The Bertz CT molecular complexity index is 784. The zero-order valence-electron chi connectivity index (χ0n) is 9.49. The minimum atomic E-state index is -1.07. The number of fused-ring (bicyclic) bond motifs is 1.